The third-order valence-corrected chi connectivity index (χ3v) is 15.7. The molecule has 0 heterocycles. The predicted octanol–water partition coefficient (Wildman–Crippen LogP) is 12.8. The number of carbonyl (C=O) groups is 2. The average Bonchev–Trinajstić information content (AvgIpc) is 3.46. The SMILES string of the molecule is CC(C)CCCC(C)[C@H]1CC[C@H]2[C@@H]3CC[C@H]4C[C@@H](CCC=C(c5cc(Cl)c(O)c(C(=O)O)c5)c5cc(Cl)c(O)c(C(=O)O)c5)CC[C@]4(C)[C@H]3CC[C@]12C. The first-order valence-electron chi connectivity index (χ1n) is 20.3. The minimum atomic E-state index is -1.33. The second-order valence-electron chi connectivity index (χ2n) is 18.3. The third-order valence-electron chi connectivity index (χ3n) is 15.1. The molecular weight excluding hydrogens is 707 g/mol. The number of rotatable bonds is 12. The van der Waals surface area contributed by atoms with Crippen LogP contribution in [0.3, 0.4) is 0 Å². The molecule has 2 aromatic rings. The molecule has 6 nitrogen and oxygen atoms in total. The summed E-state index contributed by atoms with van der Waals surface area (Å²) >= 11 is 12.6. The fraction of sp³-hybridized carbons (Fsp3) is 0.644. The van der Waals surface area contributed by atoms with Gasteiger partial charge in [-0.05, 0) is 170 Å². The summed E-state index contributed by atoms with van der Waals surface area (Å²) in [4.78, 5) is 23.9. The Hall–Kier alpha value is -2.70. The van der Waals surface area contributed by atoms with Crippen LogP contribution in [0, 0.1) is 58.2 Å². The number of halogens is 2. The summed E-state index contributed by atoms with van der Waals surface area (Å²) in [6.45, 7) is 12.6. The van der Waals surface area contributed by atoms with Gasteiger partial charge in [-0.3, -0.25) is 0 Å². The van der Waals surface area contributed by atoms with E-state index in [1.165, 1.54) is 101 Å². The van der Waals surface area contributed by atoms with Crippen LogP contribution in [0.25, 0.3) is 5.57 Å². The Kier molecular flexibility index (Phi) is 11.9. The van der Waals surface area contributed by atoms with Crippen molar-refractivity contribution in [2.45, 2.75) is 125 Å². The van der Waals surface area contributed by atoms with Crippen LogP contribution in [-0.4, -0.2) is 32.4 Å². The molecular formula is C45H60Cl2O6. The van der Waals surface area contributed by atoms with Gasteiger partial charge in [0.05, 0.1) is 10.0 Å². The van der Waals surface area contributed by atoms with Crippen LogP contribution in [-0.2, 0) is 0 Å². The topological polar surface area (TPSA) is 115 Å². The van der Waals surface area contributed by atoms with E-state index < -0.39 is 23.4 Å². The van der Waals surface area contributed by atoms with E-state index in [4.69, 9.17) is 23.2 Å². The average molecular weight is 768 g/mol. The lowest BCUT2D eigenvalue weighted by molar-refractivity contribution is -0.121. The number of allylic oxidation sites excluding steroid dienone is 1. The normalized spacial score (nSPS) is 31.3. The van der Waals surface area contributed by atoms with Gasteiger partial charge >= 0.3 is 11.9 Å². The largest absolute Gasteiger partial charge is 0.505 e. The summed E-state index contributed by atoms with van der Waals surface area (Å²) < 4.78 is 0. The van der Waals surface area contributed by atoms with E-state index in [9.17, 15) is 30.0 Å². The highest BCUT2D eigenvalue weighted by atomic mass is 35.5. The summed E-state index contributed by atoms with van der Waals surface area (Å²) in [6.07, 6.45) is 19.8. The van der Waals surface area contributed by atoms with Crippen molar-refractivity contribution in [3.8, 4) is 11.5 Å². The number of carboxylic acids is 2. The minimum absolute atomic E-state index is 0.122. The maximum absolute atomic E-state index is 12.0. The molecule has 53 heavy (non-hydrogen) atoms. The molecule has 4 aliphatic rings. The molecule has 0 aromatic heterocycles. The highest BCUT2D eigenvalue weighted by Gasteiger charge is 2.60. The second-order valence-corrected chi connectivity index (χ2v) is 19.2. The Morgan fingerprint density at radius 1 is 0.792 bits per heavy atom. The Balaban J connectivity index is 1.17. The monoisotopic (exact) mass is 766 g/mol. The quantitative estimate of drug-likeness (QED) is 0.171. The summed E-state index contributed by atoms with van der Waals surface area (Å²) in [7, 11) is 0. The van der Waals surface area contributed by atoms with Crippen molar-refractivity contribution in [2.24, 2.45) is 58.2 Å². The molecule has 290 valence electrons. The number of benzene rings is 2. The summed E-state index contributed by atoms with van der Waals surface area (Å²) in [5, 5.41) is 40.0. The van der Waals surface area contributed by atoms with Crippen molar-refractivity contribution < 1.29 is 30.0 Å². The smallest absolute Gasteiger partial charge is 0.339 e. The molecule has 1 unspecified atom stereocenters. The van der Waals surface area contributed by atoms with Crippen LogP contribution >= 0.6 is 23.2 Å². The van der Waals surface area contributed by atoms with Gasteiger partial charge in [0.25, 0.3) is 0 Å². The summed E-state index contributed by atoms with van der Waals surface area (Å²) in [6, 6.07) is 5.65. The van der Waals surface area contributed by atoms with E-state index in [1.54, 1.807) is 0 Å². The highest BCUT2D eigenvalue weighted by molar-refractivity contribution is 6.33. The molecule has 4 saturated carbocycles. The lowest BCUT2D eigenvalue weighted by atomic mass is 9.44. The maximum Gasteiger partial charge on any atom is 0.339 e. The van der Waals surface area contributed by atoms with Crippen LogP contribution in [0.1, 0.15) is 156 Å². The summed E-state index contributed by atoms with van der Waals surface area (Å²) in [5.74, 6) is 2.64. The molecule has 6 rings (SSSR count). The Labute approximate surface area is 326 Å². The van der Waals surface area contributed by atoms with E-state index in [-0.39, 0.29) is 21.2 Å². The first-order valence-corrected chi connectivity index (χ1v) is 21.0. The molecule has 0 saturated heterocycles. The molecule has 0 amide bonds. The number of aromatic carboxylic acids is 2. The molecule has 8 heteroatoms. The van der Waals surface area contributed by atoms with Gasteiger partial charge in [-0.25, -0.2) is 9.59 Å². The first kappa shape index (κ1) is 40.0. The molecule has 0 bridgehead atoms. The zero-order valence-corrected chi connectivity index (χ0v) is 33.8. The lowest BCUT2D eigenvalue weighted by Crippen LogP contribution is -2.53. The van der Waals surface area contributed by atoms with Gasteiger partial charge in [0.15, 0.2) is 0 Å². The molecule has 0 aliphatic heterocycles. The molecule has 4 N–H and O–H groups in total. The van der Waals surface area contributed by atoms with Crippen LogP contribution in [0.5, 0.6) is 11.5 Å². The van der Waals surface area contributed by atoms with Gasteiger partial charge in [-0.2, -0.15) is 0 Å². The van der Waals surface area contributed by atoms with Crippen molar-refractivity contribution in [3.05, 3.63) is 62.6 Å². The Bertz CT molecular complexity index is 1660. The van der Waals surface area contributed by atoms with Gasteiger partial charge in [0.2, 0.25) is 0 Å². The van der Waals surface area contributed by atoms with Crippen molar-refractivity contribution in [2.75, 3.05) is 0 Å². The minimum Gasteiger partial charge on any atom is -0.505 e. The van der Waals surface area contributed by atoms with Gasteiger partial charge < -0.3 is 20.4 Å². The van der Waals surface area contributed by atoms with Gasteiger partial charge in [0.1, 0.15) is 22.6 Å². The van der Waals surface area contributed by atoms with Crippen molar-refractivity contribution in [1.82, 2.24) is 0 Å². The van der Waals surface area contributed by atoms with Crippen molar-refractivity contribution in [3.63, 3.8) is 0 Å². The Morgan fingerprint density at radius 3 is 1.96 bits per heavy atom. The van der Waals surface area contributed by atoms with Gasteiger partial charge in [-0.15, -0.1) is 0 Å². The molecule has 4 aliphatic carbocycles. The first-order chi connectivity index (χ1) is 25.0. The maximum atomic E-state index is 12.0. The fourth-order valence-electron chi connectivity index (χ4n) is 12.3. The van der Waals surface area contributed by atoms with Crippen molar-refractivity contribution in [1.29, 1.82) is 0 Å². The van der Waals surface area contributed by atoms with E-state index in [1.807, 2.05) is 6.08 Å². The number of fused-ring (bicyclic) bond motifs is 5. The van der Waals surface area contributed by atoms with E-state index in [0.29, 0.717) is 39.9 Å². The van der Waals surface area contributed by atoms with Gasteiger partial charge in [-0.1, -0.05) is 83.2 Å². The van der Waals surface area contributed by atoms with Crippen LogP contribution in [0.4, 0.5) is 0 Å². The molecule has 9 atom stereocenters. The van der Waals surface area contributed by atoms with Crippen LogP contribution < -0.4 is 0 Å². The predicted molar refractivity (Wildman–Crippen MR) is 213 cm³/mol. The number of phenols is 2. The summed E-state index contributed by atoms with van der Waals surface area (Å²) in [5.41, 5.74) is 1.58. The van der Waals surface area contributed by atoms with Crippen LogP contribution in [0.2, 0.25) is 10.0 Å². The molecule has 0 spiro atoms. The third kappa shape index (κ3) is 7.75. The van der Waals surface area contributed by atoms with Crippen molar-refractivity contribution >= 4 is 40.7 Å². The number of hydrogen-bond acceptors (Lipinski definition) is 4. The molecule has 2 aromatic carbocycles. The zero-order valence-electron chi connectivity index (χ0n) is 32.3. The number of aromatic hydroxyl groups is 2. The lowest BCUT2D eigenvalue weighted by Gasteiger charge is -2.61. The molecule has 4 fully saturated rings. The van der Waals surface area contributed by atoms with Gasteiger partial charge in [0, 0.05) is 0 Å². The highest BCUT2D eigenvalue weighted by Crippen LogP contribution is 2.69. The number of carboxylic acid groups (broad SMARTS) is 2. The Morgan fingerprint density at radius 2 is 1.38 bits per heavy atom. The van der Waals surface area contributed by atoms with Crippen LogP contribution in [0.15, 0.2) is 30.3 Å². The van der Waals surface area contributed by atoms with E-state index in [0.717, 1.165) is 47.8 Å². The number of hydrogen-bond donors (Lipinski definition) is 4. The second kappa shape index (κ2) is 15.8. The standard InChI is InChI=1S/C45H60Cl2O6/c1-25(2)8-6-9-26(3)35-14-15-36-32-13-12-30-20-27(16-18-44(30,4)37(32)17-19-45(35,36)5)10-7-11-31(28-21-33(42(50)51)40(48)38(46)23-28)29-22-34(43(52)53)41(49)39(47)24-29/h11,21-27,30,32,35-37,48-49H,6-10,12-20H2,1-5H3,(H,50,51)(H,52,53)/t26?,27-,30-,32-,35+,36-,37-,44-,45+/m0/s1. The van der Waals surface area contributed by atoms with E-state index in [2.05, 4.69) is 34.6 Å². The van der Waals surface area contributed by atoms with E-state index >= 15 is 0 Å². The fourth-order valence-corrected chi connectivity index (χ4v) is 12.8. The zero-order chi connectivity index (χ0) is 38.4. The molecule has 0 radical (unpaired) electrons.